The van der Waals surface area contributed by atoms with Crippen LogP contribution in [-0.4, -0.2) is 65.1 Å². The molecule has 1 aliphatic heterocycles. The van der Waals surface area contributed by atoms with Crippen molar-refractivity contribution < 1.29 is 25.2 Å². The fraction of sp³-hybridized carbons (Fsp3) is 0.538. The van der Waals surface area contributed by atoms with E-state index in [-0.39, 0.29) is 24.8 Å². The van der Waals surface area contributed by atoms with Gasteiger partial charge in [-0.3, -0.25) is 18.0 Å². The van der Waals surface area contributed by atoms with Crippen LogP contribution in [0.25, 0.3) is 0 Å². The van der Waals surface area contributed by atoms with Gasteiger partial charge in [0.15, 0.2) is 18.0 Å². The molecule has 2 fully saturated rings. The van der Waals surface area contributed by atoms with Crippen molar-refractivity contribution in [2.75, 3.05) is 33.4 Å². The second kappa shape index (κ2) is 17.7. The summed E-state index contributed by atoms with van der Waals surface area (Å²) in [4.78, 5) is 24.0. The summed E-state index contributed by atoms with van der Waals surface area (Å²) in [5, 5.41) is 18.7. The quantitative estimate of drug-likeness (QED) is 0.0555. The molecule has 3 rings (SSSR count). The lowest BCUT2D eigenvalue weighted by Crippen LogP contribution is -2.59. The highest BCUT2D eigenvalue weighted by Gasteiger charge is 2.58. The average molecular weight is 706 g/mol. The second-order valence-electron chi connectivity index (χ2n) is 8.95. The molecule has 40 heavy (non-hydrogen) atoms. The van der Waals surface area contributed by atoms with Gasteiger partial charge in [-0.2, -0.15) is 10.4 Å². The van der Waals surface area contributed by atoms with Gasteiger partial charge in [0, 0.05) is 30.9 Å². The van der Waals surface area contributed by atoms with Crippen LogP contribution in [-0.2, 0) is 38.4 Å². The number of nitrogens with one attached hydrogen (secondary N) is 3. The number of hydrazone groups is 1. The largest absolute Gasteiger partial charge is 0.378 e. The van der Waals surface area contributed by atoms with Crippen molar-refractivity contribution in [3.8, 4) is 6.07 Å². The Bertz CT molecular complexity index is 1100. The average Bonchev–Trinajstić information content (AvgIpc) is 3.76. The zero-order valence-corrected chi connectivity index (χ0v) is 26.7. The molecule has 1 heterocycles. The number of carbonyl (C=O) groups is 2. The molecule has 1 saturated heterocycles. The highest BCUT2D eigenvalue weighted by atomic mass is 127. The number of nitrogens with zero attached hydrogens (tertiary/aromatic N) is 2. The lowest BCUT2D eigenvalue weighted by molar-refractivity contribution is -0.115. The van der Waals surface area contributed by atoms with E-state index in [0.717, 1.165) is 30.7 Å². The van der Waals surface area contributed by atoms with Crippen molar-refractivity contribution in [1.82, 2.24) is 16.1 Å². The molecule has 1 aliphatic carbocycles. The number of hydrogen-bond donors (Lipinski definition) is 3. The summed E-state index contributed by atoms with van der Waals surface area (Å²) in [7, 11) is 0.363. The first kappa shape index (κ1) is 34.2. The Kier molecular flexibility index (Phi) is 15.1. The molecule has 1 aromatic rings. The highest BCUT2D eigenvalue weighted by Crippen LogP contribution is 2.50. The Balaban J connectivity index is 0.00000274. The second-order valence-corrected chi connectivity index (χ2v) is 12.8. The minimum absolute atomic E-state index is 0.191. The van der Waals surface area contributed by atoms with E-state index < -0.39 is 20.3 Å². The van der Waals surface area contributed by atoms with Gasteiger partial charge in [0.2, 0.25) is 6.41 Å². The first-order chi connectivity index (χ1) is 19.4. The zero-order chi connectivity index (χ0) is 29.4. The van der Waals surface area contributed by atoms with Crippen LogP contribution < -0.4 is 16.1 Å². The number of amides is 2. The van der Waals surface area contributed by atoms with E-state index in [4.69, 9.17) is 16.7 Å². The minimum atomic E-state index is -1.24. The van der Waals surface area contributed by atoms with Crippen LogP contribution in [0.5, 0.6) is 0 Å². The summed E-state index contributed by atoms with van der Waals surface area (Å²) in [6.45, 7) is 5.53. The number of nitriles is 1. The molecule has 0 aromatic heterocycles. The van der Waals surface area contributed by atoms with E-state index in [2.05, 4.69) is 27.2 Å². The summed E-state index contributed by atoms with van der Waals surface area (Å²) >= 11 is 2.56. The maximum absolute atomic E-state index is 13.7. The van der Waals surface area contributed by atoms with Crippen molar-refractivity contribution >= 4 is 64.2 Å². The molecule has 220 valence electrons. The van der Waals surface area contributed by atoms with Gasteiger partial charge in [-0.05, 0) is 49.0 Å². The summed E-state index contributed by atoms with van der Waals surface area (Å²) < 4.78 is 28.4. The number of benzene rings is 1. The molecule has 0 bridgehead atoms. The highest BCUT2D eigenvalue weighted by molar-refractivity contribution is 14.1. The molecule has 1 aromatic carbocycles. The van der Waals surface area contributed by atoms with Crippen LogP contribution in [0.2, 0.25) is 0 Å². The van der Waals surface area contributed by atoms with Crippen LogP contribution in [0, 0.1) is 11.3 Å². The molecule has 11 nitrogen and oxygen atoms in total. The Morgan fingerprint density at radius 3 is 2.50 bits per heavy atom. The number of hydrogen-bond acceptors (Lipinski definition) is 10. The van der Waals surface area contributed by atoms with E-state index in [9.17, 15) is 13.8 Å². The molecule has 0 radical (unpaired) electrons. The number of rotatable bonds is 17. The van der Waals surface area contributed by atoms with E-state index in [0.29, 0.717) is 50.1 Å². The van der Waals surface area contributed by atoms with Gasteiger partial charge in [-0.15, -0.1) is 0 Å². The van der Waals surface area contributed by atoms with Crippen molar-refractivity contribution in [3.63, 3.8) is 0 Å². The lowest BCUT2D eigenvalue weighted by Gasteiger charge is -2.41. The van der Waals surface area contributed by atoms with Crippen LogP contribution in [0.4, 0.5) is 0 Å². The lowest BCUT2D eigenvalue weighted by atomic mass is 10.0. The molecule has 1 saturated carbocycles. The van der Waals surface area contributed by atoms with Gasteiger partial charge < -0.3 is 20.8 Å². The third kappa shape index (κ3) is 9.52. The van der Waals surface area contributed by atoms with Gasteiger partial charge in [0.1, 0.15) is 27.8 Å². The third-order valence-electron chi connectivity index (χ3n) is 6.34. The monoisotopic (exact) mass is 705 g/mol. The number of ether oxygens (including phenoxy) is 1. The maximum Gasteiger partial charge on any atom is 0.272 e. The van der Waals surface area contributed by atoms with E-state index in [1.807, 2.05) is 19.9 Å². The standard InChI is InChI=1S/C24H30IN5O6S2.C2H6/c1-27-30-21(22(32)29-13-19-4-2-18(12-26)3-5-19)20(7-11-28-17-31)6-8-23(9-10-23)38(33)24(14-34-15-24)16-35-37-36-25;1-2/h2-6,17,27H,7-11,13-16H2,1H3,(H,28,31)(H,29,32);1-2H3/b20-6+,30-21+;. The first-order valence-electron chi connectivity index (χ1n) is 12.9. The smallest absolute Gasteiger partial charge is 0.272 e. The first-order valence-corrected chi connectivity index (χ1v) is 15.6. The summed E-state index contributed by atoms with van der Waals surface area (Å²) in [5.74, 6) is -0.389. The molecule has 14 heteroatoms. The minimum Gasteiger partial charge on any atom is -0.378 e. The van der Waals surface area contributed by atoms with E-state index in [1.54, 1.807) is 54.3 Å². The topological polar surface area (TPSA) is 151 Å². The molecule has 1 unspecified atom stereocenters. The Morgan fingerprint density at radius 1 is 1.27 bits per heavy atom. The third-order valence-corrected chi connectivity index (χ3v) is 9.55. The Labute approximate surface area is 256 Å². The van der Waals surface area contributed by atoms with Crippen molar-refractivity contribution in [1.29, 1.82) is 5.26 Å². The molecular formula is C26H36IN5O6S2. The predicted molar refractivity (Wildman–Crippen MR) is 165 cm³/mol. The van der Waals surface area contributed by atoms with Crippen LogP contribution in [0.3, 0.4) is 0 Å². The van der Waals surface area contributed by atoms with Crippen molar-refractivity contribution in [2.24, 2.45) is 5.10 Å². The van der Waals surface area contributed by atoms with Gasteiger partial charge >= 0.3 is 0 Å². The van der Waals surface area contributed by atoms with Crippen molar-refractivity contribution in [2.45, 2.75) is 55.6 Å². The number of allylic oxidation sites excluding steroid dienone is 1. The molecule has 2 aliphatic rings. The van der Waals surface area contributed by atoms with Crippen LogP contribution in [0.1, 0.15) is 50.7 Å². The SMILES string of the molecule is CC.CN/N=C(C(=O)NCc1ccc(C#N)cc1)\C(=C\CC1(S(=O)C2(COSOI)COC2)CC1)CCNC=O. The maximum atomic E-state index is 13.7. The molecule has 3 N–H and O–H groups in total. The van der Waals surface area contributed by atoms with Crippen molar-refractivity contribution in [3.05, 3.63) is 47.0 Å². The summed E-state index contributed by atoms with van der Waals surface area (Å²) in [6.07, 6.45) is 4.94. The van der Waals surface area contributed by atoms with Crippen LogP contribution in [0.15, 0.2) is 41.0 Å². The summed E-state index contributed by atoms with van der Waals surface area (Å²) in [5.41, 5.74) is 4.89. The van der Waals surface area contributed by atoms with Gasteiger partial charge in [0.25, 0.3) is 5.91 Å². The molecule has 0 spiro atoms. The Morgan fingerprint density at radius 2 is 1.98 bits per heavy atom. The van der Waals surface area contributed by atoms with E-state index >= 15 is 0 Å². The van der Waals surface area contributed by atoms with E-state index in [1.165, 1.54) is 0 Å². The van der Waals surface area contributed by atoms with Gasteiger partial charge in [-0.1, -0.05) is 32.1 Å². The van der Waals surface area contributed by atoms with Gasteiger partial charge in [0.05, 0.1) is 36.2 Å². The molecular weight excluding hydrogens is 669 g/mol. The summed E-state index contributed by atoms with van der Waals surface area (Å²) in [6, 6.07) is 9.00. The Hall–Kier alpha value is -2.03. The zero-order valence-electron chi connectivity index (χ0n) is 22.9. The fourth-order valence-electron chi connectivity index (χ4n) is 4.02. The fourth-order valence-corrected chi connectivity index (χ4v) is 6.89. The number of carbonyl (C=O) groups excluding carboxylic acids is 2. The van der Waals surface area contributed by atoms with Crippen LogP contribution >= 0.6 is 35.3 Å². The number of halogens is 1. The van der Waals surface area contributed by atoms with Gasteiger partial charge in [-0.25, -0.2) is 2.51 Å². The predicted octanol–water partition coefficient (Wildman–Crippen LogP) is 3.23. The molecule has 1 atom stereocenters. The normalized spacial score (nSPS) is 17.7. The molecule has 2 amide bonds.